The van der Waals surface area contributed by atoms with E-state index < -0.39 is 11.6 Å². The van der Waals surface area contributed by atoms with Gasteiger partial charge in [-0.3, -0.25) is 9.69 Å². The first-order chi connectivity index (χ1) is 12.6. The molecule has 4 rings (SSSR count). The summed E-state index contributed by atoms with van der Waals surface area (Å²) >= 11 is 0. The summed E-state index contributed by atoms with van der Waals surface area (Å²) in [6.45, 7) is 3.49. The largest absolute Gasteiger partial charge is 0.341 e. The van der Waals surface area contributed by atoms with Crippen molar-refractivity contribution >= 4 is 5.91 Å². The smallest absolute Gasteiger partial charge is 0.271 e. The number of benzene rings is 1. The first-order valence-corrected chi connectivity index (χ1v) is 8.99. The van der Waals surface area contributed by atoms with Crippen molar-refractivity contribution in [2.45, 2.75) is 25.8 Å². The Morgan fingerprint density at radius 1 is 1.23 bits per heavy atom. The molecule has 5 nitrogen and oxygen atoms in total. The molecule has 0 aliphatic carbocycles. The number of amides is 1. The summed E-state index contributed by atoms with van der Waals surface area (Å²) in [4.78, 5) is 23.4. The van der Waals surface area contributed by atoms with Crippen LogP contribution < -0.4 is 0 Å². The van der Waals surface area contributed by atoms with Gasteiger partial charge in [0.1, 0.15) is 5.69 Å². The monoisotopic (exact) mass is 360 g/mol. The zero-order chi connectivity index (χ0) is 18.1. The van der Waals surface area contributed by atoms with Gasteiger partial charge in [0.25, 0.3) is 5.91 Å². The number of piperidine rings is 1. The van der Waals surface area contributed by atoms with Crippen LogP contribution in [0, 0.1) is 17.0 Å². The average molecular weight is 360 g/mol. The van der Waals surface area contributed by atoms with E-state index in [-0.39, 0.29) is 11.3 Å². The number of H-pyrrole nitrogens is 1. The summed E-state index contributed by atoms with van der Waals surface area (Å²) in [6, 6.07) is 4.34. The van der Waals surface area contributed by atoms with Gasteiger partial charge in [0, 0.05) is 37.2 Å². The molecule has 7 heteroatoms. The van der Waals surface area contributed by atoms with Gasteiger partial charge >= 0.3 is 0 Å². The molecular weight excluding hydrogens is 338 g/mol. The third-order valence-corrected chi connectivity index (χ3v) is 5.62. The Morgan fingerprint density at radius 3 is 2.92 bits per heavy atom. The minimum atomic E-state index is -0.800. The van der Waals surface area contributed by atoms with Crippen LogP contribution in [0.4, 0.5) is 8.78 Å². The van der Waals surface area contributed by atoms with Crippen molar-refractivity contribution in [2.24, 2.45) is 5.41 Å². The molecule has 138 valence electrons. The number of carbonyl (C=O) groups is 1. The van der Waals surface area contributed by atoms with E-state index in [1.807, 2.05) is 4.90 Å². The molecule has 1 amide bonds. The van der Waals surface area contributed by atoms with Crippen molar-refractivity contribution in [1.82, 2.24) is 19.8 Å². The Balaban J connectivity index is 1.43. The van der Waals surface area contributed by atoms with Crippen LogP contribution in [0.25, 0.3) is 0 Å². The fourth-order valence-electron chi connectivity index (χ4n) is 4.34. The van der Waals surface area contributed by atoms with E-state index in [0.717, 1.165) is 45.0 Å². The highest BCUT2D eigenvalue weighted by Crippen LogP contribution is 2.39. The number of hydrogen-bond donors (Lipinski definition) is 1. The van der Waals surface area contributed by atoms with E-state index in [0.29, 0.717) is 24.3 Å². The third kappa shape index (κ3) is 3.23. The molecule has 0 bridgehead atoms. The van der Waals surface area contributed by atoms with Crippen LogP contribution in [-0.4, -0.2) is 51.9 Å². The molecule has 1 spiro atoms. The Kier molecular flexibility index (Phi) is 4.48. The summed E-state index contributed by atoms with van der Waals surface area (Å²) in [6.07, 6.45) is 6.06. The van der Waals surface area contributed by atoms with E-state index in [2.05, 4.69) is 14.9 Å². The van der Waals surface area contributed by atoms with Gasteiger partial charge < -0.3 is 9.88 Å². The van der Waals surface area contributed by atoms with Crippen LogP contribution in [0.1, 0.15) is 35.3 Å². The lowest BCUT2D eigenvalue weighted by atomic mass is 9.79. The first kappa shape index (κ1) is 17.1. The van der Waals surface area contributed by atoms with Gasteiger partial charge in [-0.1, -0.05) is 12.1 Å². The molecular formula is C19H22F2N4O. The molecule has 1 N–H and O–H groups in total. The number of aromatic nitrogens is 2. The Bertz CT molecular complexity index is 795. The Hall–Kier alpha value is -2.28. The molecule has 26 heavy (non-hydrogen) atoms. The number of hydrogen-bond acceptors (Lipinski definition) is 3. The van der Waals surface area contributed by atoms with E-state index >= 15 is 0 Å². The van der Waals surface area contributed by atoms with Crippen molar-refractivity contribution < 1.29 is 13.6 Å². The number of carbonyl (C=O) groups excluding carboxylic acids is 1. The fraction of sp³-hybridized carbons (Fsp3) is 0.474. The molecule has 1 unspecified atom stereocenters. The topological polar surface area (TPSA) is 52.2 Å². The minimum Gasteiger partial charge on any atom is -0.341 e. The van der Waals surface area contributed by atoms with Crippen LogP contribution in [0.15, 0.2) is 30.7 Å². The lowest BCUT2D eigenvalue weighted by Gasteiger charge is -2.40. The van der Waals surface area contributed by atoms with E-state index in [9.17, 15) is 13.6 Å². The molecule has 0 saturated carbocycles. The van der Waals surface area contributed by atoms with Crippen LogP contribution in [-0.2, 0) is 6.54 Å². The second kappa shape index (κ2) is 6.79. The molecule has 2 aliphatic heterocycles. The summed E-state index contributed by atoms with van der Waals surface area (Å²) in [5.41, 5.74) is 0.944. The predicted molar refractivity (Wildman–Crippen MR) is 92.4 cm³/mol. The molecule has 1 aromatic heterocycles. The number of imidazole rings is 1. The zero-order valence-corrected chi connectivity index (χ0v) is 14.5. The van der Waals surface area contributed by atoms with Crippen molar-refractivity contribution in [1.29, 1.82) is 0 Å². The normalized spacial score (nSPS) is 23.7. The number of nitrogens with one attached hydrogen (secondary N) is 1. The number of nitrogens with zero attached hydrogens (tertiary/aromatic N) is 3. The van der Waals surface area contributed by atoms with E-state index in [4.69, 9.17) is 0 Å². The minimum absolute atomic E-state index is 0.0207. The van der Waals surface area contributed by atoms with Gasteiger partial charge in [-0.2, -0.15) is 0 Å². The quantitative estimate of drug-likeness (QED) is 0.916. The SMILES string of the molecule is O=C(c1cnc[nH]1)N1CCC2(CCCN(Cc3cccc(F)c3F)C2)C1. The average Bonchev–Trinajstić information content (AvgIpc) is 3.29. The lowest BCUT2D eigenvalue weighted by molar-refractivity contribution is 0.0669. The van der Waals surface area contributed by atoms with Gasteiger partial charge in [-0.15, -0.1) is 0 Å². The molecule has 2 fully saturated rings. The van der Waals surface area contributed by atoms with Crippen LogP contribution >= 0.6 is 0 Å². The molecule has 0 radical (unpaired) electrons. The highest BCUT2D eigenvalue weighted by Gasteiger charge is 2.43. The summed E-state index contributed by atoms with van der Waals surface area (Å²) in [5, 5.41) is 0. The molecule has 1 aromatic carbocycles. The summed E-state index contributed by atoms with van der Waals surface area (Å²) < 4.78 is 27.4. The molecule has 3 heterocycles. The molecule has 1 atom stereocenters. The number of likely N-dealkylation sites (tertiary alicyclic amines) is 2. The maximum Gasteiger partial charge on any atom is 0.271 e. The third-order valence-electron chi connectivity index (χ3n) is 5.62. The summed E-state index contributed by atoms with van der Waals surface area (Å²) in [7, 11) is 0. The number of halogens is 2. The summed E-state index contributed by atoms with van der Waals surface area (Å²) in [5.74, 6) is -1.58. The molecule has 2 aromatic rings. The number of rotatable bonds is 3. The molecule has 2 aliphatic rings. The predicted octanol–water partition coefficient (Wildman–Crippen LogP) is 2.82. The van der Waals surface area contributed by atoms with E-state index in [1.54, 1.807) is 18.3 Å². The Morgan fingerprint density at radius 2 is 2.12 bits per heavy atom. The van der Waals surface area contributed by atoms with Gasteiger partial charge in [-0.05, 0) is 31.9 Å². The maximum absolute atomic E-state index is 14.0. The first-order valence-electron chi connectivity index (χ1n) is 8.99. The van der Waals surface area contributed by atoms with E-state index in [1.165, 1.54) is 6.33 Å². The molecule has 2 saturated heterocycles. The highest BCUT2D eigenvalue weighted by atomic mass is 19.2. The Labute approximate surface area is 151 Å². The lowest BCUT2D eigenvalue weighted by Crippen LogP contribution is -2.45. The maximum atomic E-state index is 14.0. The van der Waals surface area contributed by atoms with Crippen molar-refractivity contribution in [3.8, 4) is 0 Å². The van der Waals surface area contributed by atoms with Gasteiger partial charge in [0.05, 0.1) is 12.5 Å². The van der Waals surface area contributed by atoms with Crippen LogP contribution in [0.5, 0.6) is 0 Å². The van der Waals surface area contributed by atoms with Crippen LogP contribution in [0.3, 0.4) is 0 Å². The number of aromatic amines is 1. The standard InChI is InChI=1S/C19H22F2N4O/c20-15-4-1-3-14(17(15)21)10-24-7-2-5-19(11-24)6-8-25(12-19)18(26)16-9-22-13-23-16/h1,3-4,9,13H,2,5-8,10-12H2,(H,22,23). The van der Waals surface area contributed by atoms with Gasteiger partial charge in [0.15, 0.2) is 11.6 Å². The van der Waals surface area contributed by atoms with Crippen molar-refractivity contribution in [3.05, 3.63) is 53.6 Å². The van der Waals surface area contributed by atoms with Crippen LogP contribution in [0.2, 0.25) is 0 Å². The van der Waals surface area contributed by atoms with Gasteiger partial charge in [0.2, 0.25) is 0 Å². The second-order valence-electron chi connectivity index (χ2n) is 7.47. The van der Waals surface area contributed by atoms with Gasteiger partial charge in [-0.25, -0.2) is 13.8 Å². The van der Waals surface area contributed by atoms with Crippen molar-refractivity contribution in [2.75, 3.05) is 26.2 Å². The second-order valence-corrected chi connectivity index (χ2v) is 7.47. The highest BCUT2D eigenvalue weighted by molar-refractivity contribution is 5.92. The fourth-order valence-corrected chi connectivity index (χ4v) is 4.34. The zero-order valence-electron chi connectivity index (χ0n) is 14.5. The van der Waals surface area contributed by atoms with Crippen molar-refractivity contribution in [3.63, 3.8) is 0 Å².